The molecule has 0 aliphatic carbocycles. The minimum Gasteiger partial charge on any atom is -0.356 e. The van der Waals surface area contributed by atoms with E-state index in [4.69, 9.17) is 0 Å². The monoisotopic (exact) mass is 438 g/mol. The Morgan fingerprint density at radius 3 is 2.24 bits per heavy atom. The molecule has 2 N–H and O–H groups in total. The average molecular weight is 439 g/mol. The van der Waals surface area contributed by atoms with Crippen LogP contribution in [0.5, 0.6) is 0 Å². The van der Waals surface area contributed by atoms with Crippen molar-refractivity contribution in [3.63, 3.8) is 0 Å². The summed E-state index contributed by atoms with van der Waals surface area (Å²) in [4.78, 5) is 24.1. The fourth-order valence-electron chi connectivity index (χ4n) is 3.98. The van der Waals surface area contributed by atoms with Gasteiger partial charge in [-0.2, -0.15) is 4.98 Å². The molecular weight excluding hydrogens is 412 g/mol. The molecule has 0 unspecified atom stereocenters. The van der Waals surface area contributed by atoms with Crippen LogP contribution >= 0.6 is 0 Å². The lowest BCUT2D eigenvalue weighted by Gasteiger charge is -2.17. The number of nitrogens with zero attached hydrogens (tertiary/aromatic N) is 4. The van der Waals surface area contributed by atoms with Gasteiger partial charge in [0.25, 0.3) is 5.91 Å². The van der Waals surface area contributed by atoms with E-state index < -0.39 is 0 Å². The second kappa shape index (κ2) is 9.16. The Bertz CT molecular complexity index is 1230. The molecule has 0 radical (unpaired) electrons. The summed E-state index contributed by atoms with van der Waals surface area (Å²) in [6.07, 6.45) is 6.35. The average Bonchev–Trinajstić information content (AvgIpc) is 3.55. The van der Waals surface area contributed by atoms with Gasteiger partial charge in [-0.1, -0.05) is 0 Å². The Hall–Kier alpha value is -4.13. The lowest BCUT2D eigenvalue weighted by Crippen LogP contribution is -2.19. The molecule has 7 heteroatoms. The van der Waals surface area contributed by atoms with E-state index in [0.717, 1.165) is 41.7 Å². The van der Waals surface area contributed by atoms with E-state index in [1.165, 1.54) is 12.8 Å². The van der Waals surface area contributed by atoms with E-state index in [2.05, 4.69) is 25.5 Å². The van der Waals surface area contributed by atoms with Crippen LogP contribution in [0.3, 0.4) is 0 Å². The first-order chi connectivity index (χ1) is 16.1. The molecular formula is C26H26N6O. The number of anilines is 4. The molecule has 2 aromatic heterocycles. The molecule has 1 aliphatic rings. The zero-order chi connectivity index (χ0) is 22.6. The number of hydrogen-bond donors (Lipinski definition) is 2. The first-order valence-electron chi connectivity index (χ1n) is 11.2. The van der Waals surface area contributed by atoms with Gasteiger partial charge in [0.2, 0.25) is 5.95 Å². The SMILES string of the molecule is Cc1cc(N2CCCC2)nc(Nc2ccc(NC(=O)c3ccc(-n4cccc4)cc3)cc2)n1. The number of aryl methyl sites for hydroxylation is 1. The second-order valence-electron chi connectivity index (χ2n) is 8.18. The molecule has 1 amide bonds. The van der Waals surface area contributed by atoms with Gasteiger partial charge in [-0.3, -0.25) is 4.79 Å². The third-order valence-electron chi connectivity index (χ3n) is 5.70. The largest absolute Gasteiger partial charge is 0.356 e. The first kappa shape index (κ1) is 20.8. The number of carbonyl (C=O) groups is 1. The smallest absolute Gasteiger partial charge is 0.255 e. The van der Waals surface area contributed by atoms with Crippen molar-refractivity contribution < 1.29 is 4.79 Å². The van der Waals surface area contributed by atoms with Crippen LogP contribution in [-0.2, 0) is 0 Å². The summed E-state index contributed by atoms with van der Waals surface area (Å²) in [5.74, 6) is 1.40. The Kier molecular flexibility index (Phi) is 5.76. The predicted molar refractivity (Wildman–Crippen MR) is 132 cm³/mol. The molecule has 1 saturated heterocycles. The van der Waals surface area contributed by atoms with Crippen molar-refractivity contribution in [3.05, 3.63) is 90.4 Å². The Labute approximate surface area is 193 Å². The van der Waals surface area contributed by atoms with Gasteiger partial charge >= 0.3 is 0 Å². The maximum absolute atomic E-state index is 12.6. The molecule has 3 heterocycles. The summed E-state index contributed by atoms with van der Waals surface area (Å²) in [6.45, 7) is 4.06. The van der Waals surface area contributed by atoms with Crippen LogP contribution in [0, 0.1) is 6.92 Å². The minimum absolute atomic E-state index is 0.146. The lowest BCUT2D eigenvalue weighted by atomic mass is 10.2. The molecule has 7 nitrogen and oxygen atoms in total. The summed E-state index contributed by atoms with van der Waals surface area (Å²) in [5, 5.41) is 6.22. The summed E-state index contributed by atoms with van der Waals surface area (Å²) in [7, 11) is 0. The first-order valence-corrected chi connectivity index (χ1v) is 11.2. The standard InChI is InChI=1S/C26H26N6O/c1-19-18-24(32-16-4-5-17-32)30-26(27-19)29-22-10-8-21(9-11-22)28-25(33)20-6-12-23(13-7-20)31-14-2-3-15-31/h2-3,6-15,18H,4-5,16-17H2,1H3,(H,28,33)(H,27,29,30). The van der Waals surface area contributed by atoms with Gasteiger partial charge < -0.3 is 20.1 Å². The Balaban J connectivity index is 1.23. The number of hydrogen-bond acceptors (Lipinski definition) is 5. The number of aromatic nitrogens is 3. The third-order valence-corrected chi connectivity index (χ3v) is 5.70. The number of rotatable bonds is 6. The van der Waals surface area contributed by atoms with E-state index >= 15 is 0 Å². The van der Waals surface area contributed by atoms with Gasteiger partial charge in [0.05, 0.1) is 0 Å². The highest BCUT2D eigenvalue weighted by atomic mass is 16.1. The number of carbonyl (C=O) groups excluding carboxylic acids is 1. The van der Waals surface area contributed by atoms with E-state index in [0.29, 0.717) is 11.5 Å². The summed E-state index contributed by atoms with van der Waals surface area (Å²) in [5.41, 5.74) is 4.14. The summed E-state index contributed by atoms with van der Waals surface area (Å²) < 4.78 is 2.00. The molecule has 5 rings (SSSR count). The Morgan fingerprint density at radius 1 is 0.879 bits per heavy atom. The minimum atomic E-state index is -0.146. The second-order valence-corrected chi connectivity index (χ2v) is 8.18. The van der Waals surface area contributed by atoms with Gasteiger partial charge in [-0.25, -0.2) is 4.98 Å². The zero-order valence-electron chi connectivity index (χ0n) is 18.5. The van der Waals surface area contributed by atoms with Crippen molar-refractivity contribution in [1.29, 1.82) is 0 Å². The van der Waals surface area contributed by atoms with Gasteiger partial charge in [0, 0.05) is 59.9 Å². The normalized spacial score (nSPS) is 13.2. The van der Waals surface area contributed by atoms with Crippen LogP contribution in [0.2, 0.25) is 0 Å². The molecule has 0 atom stereocenters. The molecule has 2 aromatic carbocycles. The van der Waals surface area contributed by atoms with Crippen molar-refractivity contribution in [2.75, 3.05) is 28.6 Å². The van der Waals surface area contributed by atoms with Crippen LogP contribution in [0.4, 0.5) is 23.1 Å². The summed E-state index contributed by atoms with van der Waals surface area (Å²) >= 11 is 0. The molecule has 0 bridgehead atoms. The Morgan fingerprint density at radius 2 is 1.55 bits per heavy atom. The van der Waals surface area contributed by atoms with Crippen molar-refractivity contribution in [3.8, 4) is 5.69 Å². The lowest BCUT2D eigenvalue weighted by molar-refractivity contribution is 0.102. The number of benzene rings is 2. The predicted octanol–water partition coefficient (Wildman–Crippen LogP) is 5.17. The topological polar surface area (TPSA) is 75.1 Å². The maximum Gasteiger partial charge on any atom is 0.255 e. The molecule has 1 fully saturated rings. The molecule has 33 heavy (non-hydrogen) atoms. The van der Waals surface area contributed by atoms with Crippen molar-refractivity contribution in [2.45, 2.75) is 19.8 Å². The van der Waals surface area contributed by atoms with E-state index in [9.17, 15) is 4.79 Å². The summed E-state index contributed by atoms with van der Waals surface area (Å²) in [6, 6.07) is 21.0. The van der Waals surface area contributed by atoms with Gasteiger partial charge in [-0.05, 0) is 80.4 Å². The highest BCUT2D eigenvalue weighted by Gasteiger charge is 2.15. The number of nitrogens with one attached hydrogen (secondary N) is 2. The van der Waals surface area contributed by atoms with Crippen LogP contribution in [0.25, 0.3) is 5.69 Å². The highest BCUT2D eigenvalue weighted by molar-refractivity contribution is 6.04. The van der Waals surface area contributed by atoms with Crippen molar-refractivity contribution >= 4 is 29.0 Å². The zero-order valence-corrected chi connectivity index (χ0v) is 18.5. The highest BCUT2D eigenvalue weighted by Crippen LogP contribution is 2.23. The van der Waals surface area contributed by atoms with E-state index in [1.54, 1.807) is 0 Å². The maximum atomic E-state index is 12.6. The molecule has 4 aromatic rings. The van der Waals surface area contributed by atoms with Crippen LogP contribution < -0.4 is 15.5 Å². The van der Waals surface area contributed by atoms with E-state index in [-0.39, 0.29) is 5.91 Å². The fourth-order valence-corrected chi connectivity index (χ4v) is 3.98. The van der Waals surface area contributed by atoms with Crippen LogP contribution in [0.15, 0.2) is 79.1 Å². The molecule has 0 saturated carbocycles. The molecule has 1 aliphatic heterocycles. The van der Waals surface area contributed by atoms with E-state index in [1.807, 2.05) is 90.6 Å². The van der Waals surface area contributed by atoms with Crippen molar-refractivity contribution in [2.24, 2.45) is 0 Å². The van der Waals surface area contributed by atoms with Crippen LogP contribution in [0.1, 0.15) is 28.9 Å². The number of amides is 1. The molecule has 166 valence electrons. The van der Waals surface area contributed by atoms with Gasteiger partial charge in [0.15, 0.2) is 0 Å². The molecule has 0 spiro atoms. The third kappa shape index (κ3) is 4.87. The quantitative estimate of drug-likeness (QED) is 0.434. The van der Waals surface area contributed by atoms with Crippen molar-refractivity contribution in [1.82, 2.24) is 14.5 Å². The van der Waals surface area contributed by atoms with Gasteiger partial charge in [-0.15, -0.1) is 0 Å². The van der Waals surface area contributed by atoms with Gasteiger partial charge in [0.1, 0.15) is 5.82 Å². The van der Waals surface area contributed by atoms with Crippen LogP contribution in [-0.4, -0.2) is 33.5 Å². The fraction of sp³-hybridized carbons (Fsp3) is 0.192.